The zero-order valence-electron chi connectivity index (χ0n) is 21.7. The molecule has 1 saturated carbocycles. The third-order valence-electron chi connectivity index (χ3n) is 7.37. The molecule has 1 aliphatic carbocycles. The van der Waals surface area contributed by atoms with Crippen LogP contribution in [0.3, 0.4) is 0 Å². The van der Waals surface area contributed by atoms with Crippen LogP contribution >= 0.6 is 0 Å². The van der Waals surface area contributed by atoms with Gasteiger partial charge in [0, 0.05) is 25.4 Å². The number of nitrogens with one attached hydrogen (secondary N) is 1. The lowest BCUT2D eigenvalue weighted by Crippen LogP contribution is -2.29. The van der Waals surface area contributed by atoms with Gasteiger partial charge < -0.3 is 16.2 Å². The SMILES string of the molecule is Cn1nccc1-c1ccc2nc(-c3cccnc3N)n(-c3ccc(NC(=O)C4CCC(C(=O)O)CC4)nc3)c2n1. The average molecular weight is 538 g/mol. The van der Waals surface area contributed by atoms with Gasteiger partial charge in [0.05, 0.1) is 34.8 Å². The number of hydrogen-bond acceptors (Lipinski definition) is 8. The summed E-state index contributed by atoms with van der Waals surface area (Å²) in [5.74, 6) is -0.249. The largest absolute Gasteiger partial charge is 0.481 e. The first-order chi connectivity index (χ1) is 19.4. The molecule has 0 spiro atoms. The van der Waals surface area contributed by atoms with Crippen LogP contribution in [0, 0.1) is 11.8 Å². The van der Waals surface area contributed by atoms with E-state index in [1.54, 1.807) is 35.4 Å². The van der Waals surface area contributed by atoms with Crippen molar-refractivity contribution in [3.63, 3.8) is 0 Å². The molecule has 1 amide bonds. The first-order valence-electron chi connectivity index (χ1n) is 13.0. The highest BCUT2D eigenvalue weighted by Gasteiger charge is 2.30. The van der Waals surface area contributed by atoms with Crippen LogP contribution in [0.5, 0.6) is 0 Å². The summed E-state index contributed by atoms with van der Waals surface area (Å²) in [4.78, 5) is 42.5. The van der Waals surface area contributed by atoms with Crippen LogP contribution in [0.4, 0.5) is 11.6 Å². The average Bonchev–Trinajstić information content (AvgIpc) is 3.56. The molecule has 0 bridgehead atoms. The second-order valence-electron chi connectivity index (χ2n) is 9.86. The Morgan fingerprint density at radius 1 is 0.975 bits per heavy atom. The van der Waals surface area contributed by atoms with Gasteiger partial charge >= 0.3 is 5.97 Å². The number of carboxylic acids is 1. The first kappa shape index (κ1) is 25.2. The van der Waals surface area contributed by atoms with Crippen LogP contribution < -0.4 is 11.1 Å². The molecule has 6 rings (SSSR count). The van der Waals surface area contributed by atoms with Crippen molar-refractivity contribution in [3.8, 4) is 28.5 Å². The van der Waals surface area contributed by atoms with Gasteiger partial charge in [-0.3, -0.25) is 18.8 Å². The molecule has 5 heterocycles. The second kappa shape index (κ2) is 10.2. The van der Waals surface area contributed by atoms with Crippen LogP contribution in [-0.4, -0.2) is 51.3 Å². The van der Waals surface area contributed by atoms with Crippen molar-refractivity contribution in [2.24, 2.45) is 18.9 Å². The summed E-state index contributed by atoms with van der Waals surface area (Å²) in [6, 6.07) is 12.9. The van der Waals surface area contributed by atoms with Crippen LogP contribution in [0.2, 0.25) is 0 Å². The van der Waals surface area contributed by atoms with E-state index in [1.807, 2.05) is 41.9 Å². The van der Waals surface area contributed by atoms with E-state index in [9.17, 15) is 14.7 Å². The Morgan fingerprint density at radius 2 is 1.77 bits per heavy atom. The van der Waals surface area contributed by atoms with Crippen LogP contribution in [0.1, 0.15) is 25.7 Å². The molecule has 5 aromatic rings. The first-order valence-corrected chi connectivity index (χ1v) is 13.0. The molecule has 0 radical (unpaired) electrons. The number of aromatic nitrogens is 7. The molecular formula is C28H27N9O3. The van der Waals surface area contributed by atoms with Crippen molar-refractivity contribution in [2.45, 2.75) is 25.7 Å². The monoisotopic (exact) mass is 537 g/mol. The number of nitrogens with zero attached hydrogens (tertiary/aromatic N) is 7. The fourth-order valence-electron chi connectivity index (χ4n) is 5.18. The number of nitrogens with two attached hydrogens (primary N) is 1. The maximum Gasteiger partial charge on any atom is 0.306 e. The highest BCUT2D eigenvalue weighted by atomic mass is 16.4. The standard InChI is InChI=1S/C28H27N9O3/c1-36-22(12-14-32-36)20-9-10-21-26(33-20)37(25(34-21)19-3-2-13-30-24(19)29)18-8-11-23(31-15-18)35-27(38)16-4-6-17(7-5-16)28(39)40/h2-3,8-17H,4-7H2,1H3,(H2,29,30)(H,39,40)(H,31,35,38). The molecule has 202 valence electrons. The van der Waals surface area contributed by atoms with E-state index >= 15 is 0 Å². The number of hydrogen-bond donors (Lipinski definition) is 3. The summed E-state index contributed by atoms with van der Waals surface area (Å²) in [5.41, 5.74) is 10.4. The van der Waals surface area contributed by atoms with E-state index in [0.29, 0.717) is 65.6 Å². The minimum Gasteiger partial charge on any atom is -0.481 e. The molecule has 0 unspecified atom stereocenters. The van der Waals surface area contributed by atoms with Gasteiger partial charge in [0.15, 0.2) is 11.5 Å². The van der Waals surface area contributed by atoms with Crippen molar-refractivity contribution < 1.29 is 14.7 Å². The van der Waals surface area contributed by atoms with Crippen molar-refractivity contribution in [3.05, 3.63) is 61.1 Å². The number of aryl methyl sites for hydroxylation is 1. The van der Waals surface area contributed by atoms with E-state index in [4.69, 9.17) is 15.7 Å². The number of pyridine rings is 3. The number of imidazole rings is 1. The third kappa shape index (κ3) is 4.64. The van der Waals surface area contributed by atoms with Crippen LogP contribution in [0.15, 0.2) is 61.1 Å². The molecule has 4 N–H and O–H groups in total. The Kier molecular flexibility index (Phi) is 6.42. The smallest absolute Gasteiger partial charge is 0.306 e. The second-order valence-corrected chi connectivity index (χ2v) is 9.86. The fraction of sp³-hybridized carbons (Fsp3) is 0.250. The van der Waals surface area contributed by atoms with E-state index in [2.05, 4.69) is 20.4 Å². The molecule has 0 aliphatic heterocycles. The Labute approximate surface area is 228 Å². The van der Waals surface area contributed by atoms with Gasteiger partial charge in [-0.25, -0.2) is 19.9 Å². The molecule has 12 heteroatoms. The van der Waals surface area contributed by atoms with Gasteiger partial charge in [0.1, 0.15) is 17.2 Å². The Balaban J connectivity index is 1.35. The normalized spacial score (nSPS) is 17.1. The molecular weight excluding hydrogens is 510 g/mol. The molecule has 0 saturated heterocycles. The number of carbonyl (C=O) groups is 2. The summed E-state index contributed by atoms with van der Waals surface area (Å²) >= 11 is 0. The lowest BCUT2D eigenvalue weighted by molar-refractivity contribution is -0.143. The zero-order chi connectivity index (χ0) is 27.8. The van der Waals surface area contributed by atoms with Crippen LogP contribution in [-0.2, 0) is 16.6 Å². The van der Waals surface area contributed by atoms with Gasteiger partial charge in [-0.2, -0.15) is 5.10 Å². The molecule has 0 aromatic carbocycles. The van der Waals surface area contributed by atoms with Gasteiger partial charge in [0.2, 0.25) is 5.91 Å². The third-order valence-corrected chi connectivity index (χ3v) is 7.37. The summed E-state index contributed by atoms with van der Waals surface area (Å²) in [7, 11) is 1.86. The molecule has 1 aliphatic rings. The van der Waals surface area contributed by atoms with Gasteiger partial charge in [0.25, 0.3) is 0 Å². The predicted molar refractivity (Wildman–Crippen MR) is 148 cm³/mol. The summed E-state index contributed by atoms with van der Waals surface area (Å²) < 4.78 is 3.62. The number of anilines is 2. The minimum absolute atomic E-state index is 0.150. The maximum absolute atomic E-state index is 12.8. The van der Waals surface area contributed by atoms with E-state index in [0.717, 1.165) is 11.4 Å². The highest BCUT2D eigenvalue weighted by Crippen LogP contribution is 2.32. The quantitative estimate of drug-likeness (QED) is 0.293. The van der Waals surface area contributed by atoms with Gasteiger partial charge in [-0.15, -0.1) is 0 Å². The number of carbonyl (C=O) groups excluding carboxylic acids is 1. The number of rotatable bonds is 6. The highest BCUT2D eigenvalue weighted by molar-refractivity contribution is 5.92. The van der Waals surface area contributed by atoms with Crippen molar-refractivity contribution in [1.82, 2.24) is 34.3 Å². The summed E-state index contributed by atoms with van der Waals surface area (Å²) in [5, 5.41) is 16.3. The van der Waals surface area contributed by atoms with Gasteiger partial charge in [-0.05, 0) is 68.1 Å². The van der Waals surface area contributed by atoms with Crippen molar-refractivity contribution in [2.75, 3.05) is 11.1 Å². The molecule has 0 atom stereocenters. The number of nitrogen functional groups attached to an aromatic ring is 1. The Morgan fingerprint density at radius 3 is 2.45 bits per heavy atom. The van der Waals surface area contributed by atoms with Crippen molar-refractivity contribution >= 4 is 34.7 Å². The molecule has 5 aromatic heterocycles. The van der Waals surface area contributed by atoms with E-state index in [-0.39, 0.29) is 17.7 Å². The van der Waals surface area contributed by atoms with Crippen LogP contribution in [0.25, 0.3) is 39.6 Å². The Hall–Kier alpha value is -5.13. The number of aliphatic carboxylic acids is 1. The Bertz CT molecular complexity index is 1720. The predicted octanol–water partition coefficient (Wildman–Crippen LogP) is 3.69. The lowest BCUT2D eigenvalue weighted by atomic mass is 9.81. The number of amides is 1. The molecule has 12 nitrogen and oxygen atoms in total. The minimum atomic E-state index is -0.794. The van der Waals surface area contributed by atoms with Crippen molar-refractivity contribution in [1.29, 1.82) is 0 Å². The van der Waals surface area contributed by atoms with Gasteiger partial charge in [-0.1, -0.05) is 0 Å². The van der Waals surface area contributed by atoms with E-state index < -0.39 is 5.97 Å². The van der Waals surface area contributed by atoms with E-state index in [1.165, 1.54) is 0 Å². The number of carboxylic acid groups (broad SMARTS) is 1. The number of fused-ring (bicyclic) bond motifs is 1. The maximum atomic E-state index is 12.8. The zero-order valence-corrected chi connectivity index (χ0v) is 21.7. The topological polar surface area (TPSA) is 167 Å². The molecule has 40 heavy (non-hydrogen) atoms. The lowest BCUT2D eigenvalue weighted by Gasteiger charge is -2.25. The molecule has 1 fully saturated rings. The summed E-state index contributed by atoms with van der Waals surface area (Å²) in [6.07, 6.45) is 7.08. The summed E-state index contributed by atoms with van der Waals surface area (Å²) in [6.45, 7) is 0. The fourth-order valence-corrected chi connectivity index (χ4v) is 5.18.